The lowest BCUT2D eigenvalue weighted by Crippen LogP contribution is -2.66. The van der Waals surface area contributed by atoms with Crippen molar-refractivity contribution < 1.29 is 9.90 Å². The van der Waals surface area contributed by atoms with Gasteiger partial charge in [0.2, 0.25) is 5.91 Å². The molecule has 9 nitrogen and oxygen atoms in total. The number of rotatable bonds is 7. The third-order valence-electron chi connectivity index (χ3n) is 6.81. The molecule has 3 heterocycles. The number of hydrogen-bond donors (Lipinski definition) is 4. The number of amides is 1. The Kier molecular flexibility index (Phi) is 7.59. The van der Waals surface area contributed by atoms with Crippen molar-refractivity contribution in [2.45, 2.75) is 31.8 Å². The van der Waals surface area contributed by atoms with Crippen LogP contribution in [0.3, 0.4) is 0 Å². The molecular formula is C25H32ClN7O2. The number of halogens is 1. The van der Waals surface area contributed by atoms with E-state index in [9.17, 15) is 4.79 Å². The first-order chi connectivity index (χ1) is 16.9. The number of aliphatic hydroxyl groups excluding tert-OH is 1. The second-order valence-corrected chi connectivity index (χ2v) is 9.25. The molecule has 186 valence electrons. The van der Waals surface area contributed by atoms with Gasteiger partial charge in [-0.3, -0.25) is 9.48 Å². The van der Waals surface area contributed by atoms with Gasteiger partial charge in [0.1, 0.15) is 16.4 Å². The summed E-state index contributed by atoms with van der Waals surface area (Å²) >= 11 is 6.74. The summed E-state index contributed by atoms with van der Waals surface area (Å²) in [5.74, 6) is 0.236. The summed E-state index contributed by atoms with van der Waals surface area (Å²) in [5, 5.41) is 20.2. The molecule has 10 heteroatoms. The fraction of sp³-hybridized carbons (Fsp3) is 0.400. The summed E-state index contributed by atoms with van der Waals surface area (Å²) in [4.78, 5) is 18.6. The van der Waals surface area contributed by atoms with Crippen LogP contribution in [-0.2, 0) is 11.3 Å². The maximum Gasteiger partial charge on any atom is 0.240 e. The number of piperidine rings is 1. The highest BCUT2D eigenvalue weighted by Crippen LogP contribution is 2.35. The Morgan fingerprint density at radius 2 is 1.97 bits per heavy atom. The lowest BCUT2D eigenvalue weighted by atomic mass is 9.84. The first-order valence-electron chi connectivity index (χ1n) is 11.7. The van der Waals surface area contributed by atoms with Gasteiger partial charge in [0, 0.05) is 37.9 Å². The zero-order chi connectivity index (χ0) is 25.0. The summed E-state index contributed by atoms with van der Waals surface area (Å²) in [6.45, 7) is 8.77. The highest BCUT2D eigenvalue weighted by molar-refractivity contribution is 6.32. The first kappa shape index (κ1) is 25.0. The molecule has 2 aromatic rings. The van der Waals surface area contributed by atoms with Gasteiger partial charge in [-0.2, -0.15) is 5.10 Å². The number of aliphatic imine (C=N–C) groups is 1. The zero-order valence-electron chi connectivity index (χ0n) is 19.9. The largest absolute Gasteiger partial charge is 0.394 e. The van der Waals surface area contributed by atoms with Crippen LogP contribution in [0.5, 0.6) is 0 Å². The van der Waals surface area contributed by atoms with Crippen molar-refractivity contribution in [3.8, 4) is 11.1 Å². The molecule has 2 saturated heterocycles. The van der Waals surface area contributed by atoms with Gasteiger partial charge in [-0.15, -0.1) is 0 Å². The number of carbonyl (C=O) groups is 1. The molecule has 0 unspecified atom stereocenters. The Hall–Kier alpha value is -3.14. The average molecular weight is 498 g/mol. The maximum atomic E-state index is 12.6. The van der Waals surface area contributed by atoms with Gasteiger partial charge in [-0.25, -0.2) is 4.99 Å². The summed E-state index contributed by atoms with van der Waals surface area (Å²) in [7, 11) is 0. The number of allylic oxidation sites excluding steroid dienone is 2. The molecule has 4 rings (SSSR count). The van der Waals surface area contributed by atoms with E-state index in [4.69, 9.17) is 22.4 Å². The van der Waals surface area contributed by atoms with E-state index in [1.54, 1.807) is 10.9 Å². The number of nitrogens with two attached hydrogens (primary N) is 1. The Balaban J connectivity index is 1.63. The smallest absolute Gasteiger partial charge is 0.240 e. The van der Waals surface area contributed by atoms with E-state index in [1.165, 1.54) is 0 Å². The summed E-state index contributed by atoms with van der Waals surface area (Å²) in [6, 6.07) is 8.14. The predicted octanol–water partition coefficient (Wildman–Crippen LogP) is 1.89. The van der Waals surface area contributed by atoms with Gasteiger partial charge in [0.25, 0.3) is 0 Å². The number of nitrogens with zero attached hydrogens (tertiary/aromatic N) is 4. The number of hydrogen-bond acceptors (Lipinski definition) is 7. The van der Waals surface area contributed by atoms with Gasteiger partial charge >= 0.3 is 0 Å². The molecule has 0 aliphatic carbocycles. The predicted molar refractivity (Wildman–Crippen MR) is 139 cm³/mol. The molecule has 2 aliphatic heterocycles. The lowest BCUT2D eigenvalue weighted by molar-refractivity contribution is -0.131. The molecule has 0 bridgehead atoms. The van der Waals surface area contributed by atoms with Crippen LogP contribution in [0.25, 0.3) is 16.7 Å². The third-order valence-corrected chi connectivity index (χ3v) is 7.19. The van der Waals surface area contributed by atoms with Crippen LogP contribution < -0.4 is 16.4 Å². The van der Waals surface area contributed by atoms with Crippen molar-refractivity contribution in [3.05, 3.63) is 58.8 Å². The van der Waals surface area contributed by atoms with Crippen molar-refractivity contribution in [2.24, 2.45) is 10.7 Å². The molecule has 1 spiro atoms. The summed E-state index contributed by atoms with van der Waals surface area (Å²) in [5.41, 5.74) is 10.3. The highest BCUT2D eigenvalue weighted by Gasteiger charge is 2.43. The topological polar surface area (TPSA) is 121 Å². The minimum Gasteiger partial charge on any atom is -0.394 e. The van der Waals surface area contributed by atoms with E-state index in [2.05, 4.69) is 32.3 Å². The number of aliphatic hydroxyl groups is 1. The number of nitrogens with one attached hydrogen (secondary N) is 2. The molecule has 0 atom stereocenters. The van der Waals surface area contributed by atoms with Crippen molar-refractivity contribution >= 4 is 29.8 Å². The molecular weight excluding hydrogens is 466 g/mol. The van der Waals surface area contributed by atoms with Gasteiger partial charge in [0.05, 0.1) is 25.0 Å². The van der Waals surface area contributed by atoms with Gasteiger partial charge in [-0.1, -0.05) is 35.9 Å². The van der Waals surface area contributed by atoms with E-state index in [-0.39, 0.29) is 18.3 Å². The van der Waals surface area contributed by atoms with E-state index >= 15 is 0 Å². The van der Waals surface area contributed by atoms with E-state index < -0.39 is 5.54 Å². The van der Waals surface area contributed by atoms with E-state index in [0.717, 1.165) is 34.5 Å². The molecule has 1 aromatic carbocycles. The quantitative estimate of drug-likeness (QED) is 0.342. The molecule has 5 N–H and O–H groups in total. The van der Waals surface area contributed by atoms with Crippen molar-refractivity contribution in [1.29, 1.82) is 0 Å². The first-order valence-corrected chi connectivity index (χ1v) is 12.1. The summed E-state index contributed by atoms with van der Waals surface area (Å²) in [6.07, 6.45) is 5.03. The standard InChI is InChI=1S/C25H32ClN7O2/c1-17(18-3-5-19(6-4-18)20-15-31-33(16-20)13-14-34)22(21(26)23(27)28-2)32-11-7-25(8-12-32)24(35)29-9-10-30-25/h3-6,15-16,30,34H,2,7-14,27H2,1H3,(H,29,35)/b22-17-,23-21+. The lowest BCUT2D eigenvalue weighted by Gasteiger charge is -2.45. The molecule has 0 radical (unpaired) electrons. The van der Waals surface area contributed by atoms with Gasteiger partial charge in [-0.05, 0) is 43.2 Å². The van der Waals surface area contributed by atoms with Crippen LogP contribution in [-0.4, -0.2) is 70.7 Å². The molecule has 1 amide bonds. The average Bonchev–Trinajstić information content (AvgIpc) is 3.35. The fourth-order valence-corrected chi connectivity index (χ4v) is 5.08. The van der Waals surface area contributed by atoms with Crippen molar-refractivity contribution in [1.82, 2.24) is 25.3 Å². The van der Waals surface area contributed by atoms with Gasteiger partial charge < -0.3 is 26.4 Å². The Morgan fingerprint density at radius 1 is 1.26 bits per heavy atom. The third kappa shape index (κ3) is 5.12. The molecule has 1 aromatic heterocycles. The van der Waals surface area contributed by atoms with Crippen LogP contribution in [0, 0.1) is 0 Å². The van der Waals surface area contributed by atoms with E-state index in [0.29, 0.717) is 44.1 Å². The normalized spacial score (nSPS) is 19.2. The zero-order valence-corrected chi connectivity index (χ0v) is 20.7. The van der Waals surface area contributed by atoms with E-state index in [1.807, 2.05) is 37.4 Å². The van der Waals surface area contributed by atoms with Crippen LogP contribution in [0.2, 0.25) is 0 Å². The summed E-state index contributed by atoms with van der Waals surface area (Å²) < 4.78 is 1.71. The molecule has 2 aliphatic rings. The van der Waals surface area contributed by atoms with Crippen molar-refractivity contribution in [3.63, 3.8) is 0 Å². The van der Waals surface area contributed by atoms with Crippen molar-refractivity contribution in [2.75, 3.05) is 32.8 Å². The number of benzene rings is 1. The number of aromatic nitrogens is 2. The minimum absolute atomic E-state index is 0.0438. The van der Waals surface area contributed by atoms with Crippen LogP contribution in [0.15, 0.2) is 58.2 Å². The fourth-order valence-electron chi connectivity index (χ4n) is 4.76. The monoisotopic (exact) mass is 497 g/mol. The second kappa shape index (κ2) is 10.6. The Labute approximate surface area is 210 Å². The minimum atomic E-state index is -0.533. The maximum absolute atomic E-state index is 12.6. The number of likely N-dealkylation sites (tertiary alicyclic amines) is 1. The molecule has 2 fully saturated rings. The Bertz CT molecular complexity index is 1140. The number of carbonyl (C=O) groups excluding carboxylic acids is 1. The Morgan fingerprint density at radius 3 is 2.60 bits per heavy atom. The van der Waals surface area contributed by atoms with Crippen LogP contribution in [0.4, 0.5) is 0 Å². The molecule has 0 saturated carbocycles. The second-order valence-electron chi connectivity index (χ2n) is 8.88. The van der Waals surface area contributed by atoms with Crippen LogP contribution >= 0.6 is 11.6 Å². The SMILES string of the molecule is C=N/C(N)=C(Cl)\C(=C(/C)c1ccc(-c2cnn(CCO)c2)cc1)N1CCC2(CC1)NCCNC2=O. The van der Waals surface area contributed by atoms with Gasteiger partial charge in [0.15, 0.2) is 0 Å². The highest BCUT2D eigenvalue weighted by atomic mass is 35.5. The molecule has 35 heavy (non-hydrogen) atoms. The number of piperazine rings is 1. The van der Waals surface area contributed by atoms with Crippen LogP contribution in [0.1, 0.15) is 25.3 Å².